The van der Waals surface area contributed by atoms with Crippen LogP contribution in [0.25, 0.3) is 0 Å². The van der Waals surface area contributed by atoms with Gasteiger partial charge in [-0.2, -0.15) is 4.98 Å². The average Bonchev–Trinajstić information content (AvgIpc) is 2.39. The summed E-state index contributed by atoms with van der Waals surface area (Å²) in [4.78, 5) is 8.12. The zero-order valence-electron chi connectivity index (χ0n) is 9.74. The van der Waals surface area contributed by atoms with Crippen LogP contribution in [0.1, 0.15) is 11.4 Å². The van der Waals surface area contributed by atoms with Gasteiger partial charge in [0, 0.05) is 6.20 Å². The van der Waals surface area contributed by atoms with Gasteiger partial charge in [-0.25, -0.2) is 4.98 Å². The third-order valence-electron chi connectivity index (χ3n) is 2.22. The topological polar surface area (TPSA) is 93.6 Å². The number of para-hydroxylation sites is 1. The first-order chi connectivity index (χ1) is 8.70. The lowest BCUT2D eigenvalue weighted by atomic mass is 10.3. The monoisotopic (exact) mass is 244 g/mol. The van der Waals surface area contributed by atoms with E-state index in [0.717, 1.165) is 0 Å². The van der Waals surface area contributed by atoms with Crippen LogP contribution < -0.4 is 10.5 Å². The van der Waals surface area contributed by atoms with Crippen molar-refractivity contribution in [3.05, 3.63) is 47.9 Å². The van der Waals surface area contributed by atoms with E-state index in [0.29, 0.717) is 17.1 Å². The molecule has 1 heterocycles. The van der Waals surface area contributed by atoms with E-state index in [9.17, 15) is 0 Å². The van der Waals surface area contributed by atoms with Crippen LogP contribution in [-0.2, 0) is 0 Å². The quantitative estimate of drug-likeness (QED) is 0.371. The molecule has 3 N–H and O–H groups in total. The molecule has 6 nitrogen and oxygen atoms in total. The van der Waals surface area contributed by atoms with Gasteiger partial charge in [-0.1, -0.05) is 23.4 Å². The van der Waals surface area contributed by atoms with Crippen LogP contribution in [0.3, 0.4) is 0 Å². The molecule has 6 heteroatoms. The van der Waals surface area contributed by atoms with Gasteiger partial charge in [0.2, 0.25) is 5.88 Å². The molecule has 92 valence electrons. The van der Waals surface area contributed by atoms with Crippen molar-refractivity contribution in [2.24, 2.45) is 10.9 Å². The molecule has 0 unspecified atom stereocenters. The van der Waals surface area contributed by atoms with E-state index in [4.69, 9.17) is 15.7 Å². The van der Waals surface area contributed by atoms with Crippen molar-refractivity contribution in [1.82, 2.24) is 9.97 Å². The normalized spacial score (nSPS) is 11.3. The highest BCUT2D eigenvalue weighted by Gasteiger charge is 2.12. The Hall–Kier alpha value is -2.63. The Kier molecular flexibility index (Phi) is 3.38. The highest BCUT2D eigenvalue weighted by atomic mass is 16.5. The van der Waals surface area contributed by atoms with Gasteiger partial charge in [0.05, 0.1) is 0 Å². The van der Waals surface area contributed by atoms with E-state index < -0.39 is 0 Å². The minimum atomic E-state index is -0.0964. The van der Waals surface area contributed by atoms with Crippen LogP contribution in [-0.4, -0.2) is 21.0 Å². The summed E-state index contributed by atoms with van der Waals surface area (Å²) < 4.78 is 5.59. The molecule has 0 bridgehead atoms. The maximum atomic E-state index is 8.70. The molecule has 0 aliphatic rings. The second kappa shape index (κ2) is 5.13. The third kappa shape index (κ3) is 2.54. The lowest BCUT2D eigenvalue weighted by molar-refractivity contribution is 0.318. The molecule has 0 saturated heterocycles. The Labute approximate surface area is 104 Å². The predicted octanol–water partition coefficient (Wildman–Crippen LogP) is 1.67. The zero-order valence-corrected chi connectivity index (χ0v) is 9.74. The average molecular weight is 244 g/mol. The number of aromatic nitrogens is 2. The molecule has 0 aliphatic carbocycles. The number of oxime groups is 1. The molecule has 0 amide bonds. The molecule has 0 spiro atoms. The SMILES string of the molecule is Cc1ncc(/C(N)=N/O)c(Oc2ccccc2)n1. The summed E-state index contributed by atoms with van der Waals surface area (Å²) in [6.45, 7) is 1.73. The van der Waals surface area contributed by atoms with Gasteiger partial charge in [0.15, 0.2) is 5.84 Å². The van der Waals surface area contributed by atoms with Gasteiger partial charge in [-0.15, -0.1) is 0 Å². The van der Waals surface area contributed by atoms with Crippen molar-refractivity contribution < 1.29 is 9.94 Å². The molecular weight excluding hydrogens is 232 g/mol. The van der Waals surface area contributed by atoms with Crippen LogP contribution >= 0.6 is 0 Å². The van der Waals surface area contributed by atoms with Crippen LogP contribution in [0.15, 0.2) is 41.7 Å². The summed E-state index contributed by atoms with van der Waals surface area (Å²) in [5.41, 5.74) is 5.88. The molecule has 0 atom stereocenters. The number of nitrogens with zero attached hydrogens (tertiary/aromatic N) is 3. The smallest absolute Gasteiger partial charge is 0.233 e. The Morgan fingerprint density at radius 1 is 1.33 bits per heavy atom. The maximum absolute atomic E-state index is 8.70. The van der Waals surface area contributed by atoms with Gasteiger partial charge < -0.3 is 15.7 Å². The minimum Gasteiger partial charge on any atom is -0.438 e. The molecule has 0 saturated carbocycles. The van der Waals surface area contributed by atoms with E-state index in [-0.39, 0.29) is 11.7 Å². The number of amidine groups is 1. The number of hydrogen-bond donors (Lipinski definition) is 2. The molecule has 2 aromatic rings. The number of hydrogen-bond acceptors (Lipinski definition) is 5. The van der Waals surface area contributed by atoms with E-state index >= 15 is 0 Å². The molecule has 1 aromatic carbocycles. The van der Waals surface area contributed by atoms with Crippen molar-refractivity contribution in [1.29, 1.82) is 0 Å². The van der Waals surface area contributed by atoms with Crippen molar-refractivity contribution in [3.8, 4) is 11.6 Å². The lowest BCUT2D eigenvalue weighted by Gasteiger charge is -2.09. The first-order valence-corrected chi connectivity index (χ1v) is 5.25. The van der Waals surface area contributed by atoms with Crippen molar-refractivity contribution in [2.75, 3.05) is 0 Å². The Morgan fingerprint density at radius 2 is 2.06 bits per heavy atom. The maximum Gasteiger partial charge on any atom is 0.233 e. The Balaban J connectivity index is 2.40. The number of nitrogens with two attached hydrogens (primary N) is 1. The Morgan fingerprint density at radius 3 is 2.72 bits per heavy atom. The summed E-state index contributed by atoms with van der Waals surface area (Å²) >= 11 is 0. The minimum absolute atomic E-state index is 0.0964. The molecule has 0 radical (unpaired) electrons. The van der Waals surface area contributed by atoms with E-state index in [1.807, 2.05) is 18.2 Å². The molecular formula is C12H12N4O2. The van der Waals surface area contributed by atoms with Crippen molar-refractivity contribution in [2.45, 2.75) is 6.92 Å². The fraction of sp³-hybridized carbons (Fsp3) is 0.0833. The van der Waals surface area contributed by atoms with E-state index in [1.165, 1.54) is 6.20 Å². The van der Waals surface area contributed by atoms with Crippen molar-refractivity contribution in [3.63, 3.8) is 0 Å². The first kappa shape index (κ1) is 11.8. The van der Waals surface area contributed by atoms with E-state index in [2.05, 4.69) is 15.1 Å². The summed E-state index contributed by atoms with van der Waals surface area (Å²) in [5.74, 6) is 1.31. The molecule has 18 heavy (non-hydrogen) atoms. The van der Waals surface area contributed by atoms with Crippen LogP contribution in [0.5, 0.6) is 11.6 Å². The summed E-state index contributed by atoms with van der Waals surface area (Å²) in [6.07, 6.45) is 1.45. The van der Waals surface area contributed by atoms with E-state index in [1.54, 1.807) is 19.1 Å². The predicted molar refractivity (Wildman–Crippen MR) is 65.8 cm³/mol. The largest absolute Gasteiger partial charge is 0.438 e. The van der Waals surface area contributed by atoms with Gasteiger partial charge >= 0.3 is 0 Å². The van der Waals surface area contributed by atoms with Gasteiger partial charge in [0.25, 0.3) is 0 Å². The Bertz CT molecular complexity index is 570. The van der Waals surface area contributed by atoms with Gasteiger partial charge in [-0.05, 0) is 19.1 Å². The third-order valence-corrected chi connectivity index (χ3v) is 2.22. The second-order valence-corrected chi connectivity index (χ2v) is 3.54. The summed E-state index contributed by atoms with van der Waals surface area (Å²) in [5, 5.41) is 11.6. The fourth-order valence-electron chi connectivity index (χ4n) is 1.36. The zero-order chi connectivity index (χ0) is 13.0. The highest BCUT2D eigenvalue weighted by molar-refractivity contribution is 5.98. The molecule has 0 fully saturated rings. The molecule has 0 aliphatic heterocycles. The van der Waals surface area contributed by atoms with Crippen LogP contribution in [0.4, 0.5) is 0 Å². The standard InChI is InChI=1S/C12H12N4O2/c1-8-14-7-10(11(13)16-17)12(15-8)18-9-5-3-2-4-6-9/h2-7,17H,1H3,(H2,13,16). The highest BCUT2D eigenvalue weighted by Crippen LogP contribution is 2.22. The summed E-state index contributed by atoms with van der Waals surface area (Å²) in [7, 11) is 0. The number of ether oxygens (including phenoxy) is 1. The van der Waals surface area contributed by atoms with Gasteiger partial charge in [0.1, 0.15) is 17.1 Å². The lowest BCUT2D eigenvalue weighted by Crippen LogP contribution is -2.15. The molecule has 2 rings (SSSR count). The van der Waals surface area contributed by atoms with Crippen molar-refractivity contribution >= 4 is 5.84 Å². The first-order valence-electron chi connectivity index (χ1n) is 5.25. The number of rotatable bonds is 3. The molecule has 1 aromatic heterocycles. The number of benzene rings is 1. The summed E-state index contributed by atoms with van der Waals surface area (Å²) in [6, 6.07) is 9.13. The fourth-order valence-corrected chi connectivity index (χ4v) is 1.36. The second-order valence-electron chi connectivity index (χ2n) is 3.54. The van der Waals surface area contributed by atoms with Gasteiger partial charge in [-0.3, -0.25) is 0 Å². The van der Waals surface area contributed by atoms with Crippen LogP contribution in [0.2, 0.25) is 0 Å². The van der Waals surface area contributed by atoms with Crippen LogP contribution in [0, 0.1) is 6.92 Å². The number of aryl methyl sites for hydroxylation is 1.